The molecule has 3 aromatic rings. The maximum Gasteiger partial charge on any atom is 0.293 e. The molecule has 7 heteroatoms. The van der Waals surface area contributed by atoms with Gasteiger partial charge >= 0.3 is 0 Å². The molecule has 0 aliphatic carbocycles. The van der Waals surface area contributed by atoms with Crippen LogP contribution in [-0.4, -0.2) is 36.2 Å². The van der Waals surface area contributed by atoms with E-state index in [1.54, 1.807) is 11.7 Å². The molecule has 1 atom stereocenters. The van der Waals surface area contributed by atoms with E-state index in [0.29, 0.717) is 18.6 Å². The van der Waals surface area contributed by atoms with Crippen LogP contribution in [0, 0.1) is 0 Å². The first-order chi connectivity index (χ1) is 15.1. The lowest BCUT2D eigenvalue weighted by Gasteiger charge is -2.17. The van der Waals surface area contributed by atoms with Crippen molar-refractivity contribution in [1.29, 1.82) is 0 Å². The Balaban J connectivity index is 1.93. The largest absolute Gasteiger partial charge is 0.463 e. The number of benzene rings is 1. The predicted molar refractivity (Wildman–Crippen MR) is 119 cm³/mol. The van der Waals surface area contributed by atoms with Crippen molar-refractivity contribution in [3.63, 3.8) is 0 Å². The van der Waals surface area contributed by atoms with Crippen molar-refractivity contribution in [2.45, 2.75) is 39.5 Å². The Labute approximate surface area is 181 Å². The molecule has 0 saturated carbocycles. The Kier molecular flexibility index (Phi) is 6.15. The Morgan fingerprint density at radius 3 is 2.84 bits per heavy atom. The van der Waals surface area contributed by atoms with Crippen molar-refractivity contribution in [2.24, 2.45) is 0 Å². The Morgan fingerprint density at radius 2 is 2.10 bits per heavy atom. The van der Waals surface area contributed by atoms with Crippen LogP contribution in [0.4, 0.5) is 0 Å². The number of rotatable bonds is 9. The number of nitrogens with zero attached hydrogens (tertiary/aromatic N) is 2. The number of pyridine rings is 2. The lowest BCUT2D eigenvalue weighted by molar-refractivity contribution is -0.129. The van der Waals surface area contributed by atoms with Gasteiger partial charge in [-0.1, -0.05) is 25.1 Å². The number of hydrogen-bond acceptors (Lipinski definition) is 6. The standard InChI is InChI=1S/C24H27N3O4/c1-4-25-10-9-16-17-7-5-6-8-21(17)26-23-19(16)12-27-22(23)11-18(15(2)30-3)20(24(27)29)13-31-14-28/h5-8,11,14-15,25H,4,9-10,12-13H2,1-3H3. The summed E-state index contributed by atoms with van der Waals surface area (Å²) in [5, 5.41) is 4.51. The first-order valence-electron chi connectivity index (χ1n) is 10.6. The van der Waals surface area contributed by atoms with Gasteiger partial charge in [-0.2, -0.15) is 0 Å². The van der Waals surface area contributed by atoms with Crippen LogP contribution in [-0.2, 0) is 33.8 Å². The van der Waals surface area contributed by atoms with Crippen LogP contribution in [0.5, 0.6) is 0 Å². The van der Waals surface area contributed by atoms with E-state index in [4.69, 9.17) is 14.5 Å². The Hall–Kier alpha value is -3.03. The average molecular weight is 421 g/mol. The van der Waals surface area contributed by atoms with Crippen LogP contribution in [0.25, 0.3) is 22.3 Å². The van der Waals surface area contributed by atoms with Crippen molar-refractivity contribution in [3.05, 3.63) is 62.9 Å². The molecule has 0 bridgehead atoms. The zero-order valence-corrected chi connectivity index (χ0v) is 18.1. The number of likely N-dealkylation sites (N-methyl/N-ethyl adjacent to an activating group) is 1. The number of methoxy groups -OCH3 is 1. The van der Waals surface area contributed by atoms with Crippen molar-refractivity contribution in [2.75, 3.05) is 20.2 Å². The fraction of sp³-hybridized carbons (Fsp3) is 0.375. The van der Waals surface area contributed by atoms with E-state index in [0.717, 1.165) is 52.9 Å². The van der Waals surface area contributed by atoms with E-state index < -0.39 is 0 Å². The van der Waals surface area contributed by atoms with Crippen LogP contribution in [0.1, 0.15) is 42.2 Å². The van der Waals surface area contributed by atoms with Gasteiger partial charge in [0, 0.05) is 18.1 Å². The second-order valence-corrected chi connectivity index (χ2v) is 7.68. The minimum Gasteiger partial charge on any atom is -0.463 e. The third kappa shape index (κ3) is 3.75. The topological polar surface area (TPSA) is 82.5 Å². The smallest absolute Gasteiger partial charge is 0.293 e. The lowest BCUT2D eigenvalue weighted by atomic mass is 9.97. The first-order valence-corrected chi connectivity index (χ1v) is 10.6. The minimum atomic E-state index is -0.318. The summed E-state index contributed by atoms with van der Waals surface area (Å²) >= 11 is 0. The summed E-state index contributed by atoms with van der Waals surface area (Å²) in [4.78, 5) is 29.1. The van der Waals surface area contributed by atoms with E-state index >= 15 is 0 Å². The van der Waals surface area contributed by atoms with Gasteiger partial charge in [0.15, 0.2) is 0 Å². The molecule has 1 N–H and O–H groups in total. The summed E-state index contributed by atoms with van der Waals surface area (Å²) in [6.45, 7) is 6.47. The van der Waals surface area contributed by atoms with Crippen LogP contribution < -0.4 is 10.9 Å². The van der Waals surface area contributed by atoms with Gasteiger partial charge in [-0.05, 0) is 49.7 Å². The molecule has 0 radical (unpaired) electrons. The normalized spacial score (nSPS) is 13.1. The van der Waals surface area contributed by atoms with Crippen LogP contribution >= 0.6 is 0 Å². The summed E-state index contributed by atoms with van der Waals surface area (Å²) in [6.07, 6.45) is 0.534. The Morgan fingerprint density at radius 1 is 1.29 bits per heavy atom. The van der Waals surface area contributed by atoms with Crippen molar-refractivity contribution < 1.29 is 14.3 Å². The zero-order valence-electron chi connectivity index (χ0n) is 18.1. The summed E-state index contributed by atoms with van der Waals surface area (Å²) in [5.41, 5.74) is 5.84. The summed E-state index contributed by atoms with van der Waals surface area (Å²) in [6, 6.07) is 10.1. The maximum absolute atomic E-state index is 13.4. The van der Waals surface area contributed by atoms with Crippen molar-refractivity contribution >= 4 is 17.4 Å². The summed E-state index contributed by atoms with van der Waals surface area (Å²) in [5.74, 6) is 0. The molecule has 0 amide bonds. The van der Waals surface area contributed by atoms with E-state index in [1.807, 2.05) is 31.2 Å². The highest BCUT2D eigenvalue weighted by atomic mass is 16.5. The number of fused-ring (bicyclic) bond motifs is 4. The number of hydrogen-bond donors (Lipinski definition) is 1. The number of carbonyl (C=O) groups is 1. The molecule has 1 aliphatic rings. The fourth-order valence-corrected chi connectivity index (χ4v) is 4.35. The molecule has 1 aromatic carbocycles. The van der Waals surface area contributed by atoms with Gasteiger partial charge in [0.25, 0.3) is 12.0 Å². The van der Waals surface area contributed by atoms with Gasteiger partial charge in [-0.15, -0.1) is 0 Å². The van der Waals surface area contributed by atoms with E-state index in [9.17, 15) is 9.59 Å². The fourth-order valence-electron chi connectivity index (χ4n) is 4.35. The monoisotopic (exact) mass is 421 g/mol. The lowest BCUT2D eigenvalue weighted by Crippen LogP contribution is -2.26. The molecule has 31 heavy (non-hydrogen) atoms. The van der Waals surface area contributed by atoms with E-state index in [-0.39, 0.29) is 18.3 Å². The molecular weight excluding hydrogens is 394 g/mol. The molecule has 1 aliphatic heterocycles. The highest BCUT2D eigenvalue weighted by Gasteiger charge is 2.29. The predicted octanol–water partition coefficient (Wildman–Crippen LogP) is 2.96. The summed E-state index contributed by atoms with van der Waals surface area (Å²) < 4.78 is 12.2. The highest BCUT2D eigenvalue weighted by molar-refractivity contribution is 5.88. The van der Waals surface area contributed by atoms with Crippen LogP contribution in [0.15, 0.2) is 35.1 Å². The van der Waals surface area contributed by atoms with Gasteiger partial charge in [-0.3, -0.25) is 9.59 Å². The van der Waals surface area contributed by atoms with E-state index in [1.165, 1.54) is 5.56 Å². The molecule has 3 heterocycles. The SMILES string of the molecule is CCNCCc1c2c(nc3ccccc13)-c1cc(C(C)OC)c(COC=O)c(=O)n1C2. The second-order valence-electron chi connectivity index (χ2n) is 7.68. The molecule has 0 fully saturated rings. The third-order valence-corrected chi connectivity index (χ3v) is 5.99. The maximum atomic E-state index is 13.4. The summed E-state index contributed by atoms with van der Waals surface area (Å²) in [7, 11) is 1.60. The average Bonchev–Trinajstić information content (AvgIpc) is 3.16. The molecule has 4 rings (SSSR count). The van der Waals surface area contributed by atoms with Crippen LogP contribution in [0.2, 0.25) is 0 Å². The highest BCUT2D eigenvalue weighted by Crippen LogP contribution is 2.37. The molecule has 1 unspecified atom stereocenters. The second kappa shape index (κ2) is 8.99. The zero-order chi connectivity index (χ0) is 22.0. The van der Waals surface area contributed by atoms with Gasteiger partial charge in [0.1, 0.15) is 6.61 Å². The Bertz CT molecular complexity index is 1190. The van der Waals surface area contributed by atoms with E-state index in [2.05, 4.69) is 18.3 Å². The first kappa shape index (κ1) is 21.2. The molecule has 0 saturated heterocycles. The number of nitrogens with one attached hydrogen (secondary N) is 1. The van der Waals surface area contributed by atoms with Gasteiger partial charge in [0.2, 0.25) is 0 Å². The third-order valence-electron chi connectivity index (χ3n) is 5.99. The van der Waals surface area contributed by atoms with Crippen molar-refractivity contribution in [3.8, 4) is 11.4 Å². The number of aromatic nitrogens is 2. The minimum absolute atomic E-state index is 0.0787. The number of para-hydroxylation sites is 1. The quantitative estimate of drug-likeness (QED) is 0.331. The van der Waals surface area contributed by atoms with Gasteiger partial charge < -0.3 is 19.4 Å². The molecule has 0 spiro atoms. The molecular formula is C24H27N3O4. The number of carbonyl (C=O) groups excluding carboxylic acids is 1. The van der Waals surface area contributed by atoms with Crippen LogP contribution in [0.3, 0.4) is 0 Å². The van der Waals surface area contributed by atoms with Gasteiger partial charge in [0.05, 0.1) is 35.1 Å². The molecule has 7 nitrogen and oxygen atoms in total. The van der Waals surface area contributed by atoms with Crippen molar-refractivity contribution in [1.82, 2.24) is 14.9 Å². The molecule has 162 valence electrons. The molecule has 2 aromatic heterocycles. The van der Waals surface area contributed by atoms with Gasteiger partial charge in [-0.25, -0.2) is 4.98 Å². The number of ether oxygens (including phenoxy) is 2.